The van der Waals surface area contributed by atoms with Gasteiger partial charge in [-0.05, 0) is 49.6 Å². The third-order valence-corrected chi connectivity index (χ3v) is 4.18. The zero-order valence-electron chi connectivity index (χ0n) is 13.3. The largest absolute Gasteiger partial charge is 0.293 e. The van der Waals surface area contributed by atoms with Gasteiger partial charge in [0.1, 0.15) is 0 Å². The molecule has 0 saturated heterocycles. The van der Waals surface area contributed by atoms with Crippen molar-refractivity contribution in [2.75, 3.05) is 6.54 Å². The van der Waals surface area contributed by atoms with Crippen LogP contribution in [0.5, 0.6) is 0 Å². The van der Waals surface area contributed by atoms with Gasteiger partial charge in [-0.2, -0.15) is 0 Å². The molecule has 0 bridgehead atoms. The molecule has 1 aliphatic carbocycles. The molecule has 1 aromatic rings. The van der Waals surface area contributed by atoms with Crippen LogP contribution in [0.2, 0.25) is 0 Å². The first-order chi connectivity index (χ1) is 9.76. The summed E-state index contributed by atoms with van der Waals surface area (Å²) in [6.07, 6.45) is 8.81. The SMILES string of the molecule is CCCCCN(Cc1nnnn1C1CC1)C(C)CCC. The molecule has 0 aliphatic heterocycles. The van der Waals surface area contributed by atoms with Crippen molar-refractivity contribution < 1.29 is 0 Å². The second kappa shape index (κ2) is 7.72. The van der Waals surface area contributed by atoms with Gasteiger partial charge in [-0.25, -0.2) is 4.68 Å². The Labute approximate surface area is 122 Å². The van der Waals surface area contributed by atoms with Crippen molar-refractivity contribution in [2.45, 2.75) is 84.3 Å². The van der Waals surface area contributed by atoms with E-state index < -0.39 is 0 Å². The summed E-state index contributed by atoms with van der Waals surface area (Å²) in [5.41, 5.74) is 0. The van der Waals surface area contributed by atoms with E-state index in [0.29, 0.717) is 12.1 Å². The van der Waals surface area contributed by atoms with E-state index in [9.17, 15) is 0 Å². The third kappa shape index (κ3) is 4.27. The van der Waals surface area contributed by atoms with Crippen molar-refractivity contribution in [1.82, 2.24) is 25.1 Å². The van der Waals surface area contributed by atoms with Crippen LogP contribution in [0, 0.1) is 0 Å². The van der Waals surface area contributed by atoms with Crippen LogP contribution >= 0.6 is 0 Å². The van der Waals surface area contributed by atoms with E-state index in [4.69, 9.17) is 0 Å². The van der Waals surface area contributed by atoms with Crippen molar-refractivity contribution >= 4 is 0 Å². The molecule has 1 saturated carbocycles. The number of unbranched alkanes of at least 4 members (excludes halogenated alkanes) is 2. The highest BCUT2D eigenvalue weighted by atomic mass is 15.6. The Morgan fingerprint density at radius 2 is 2.05 bits per heavy atom. The Hall–Kier alpha value is -0.970. The molecule has 1 atom stereocenters. The van der Waals surface area contributed by atoms with E-state index in [2.05, 4.69) is 41.2 Å². The maximum atomic E-state index is 4.25. The summed E-state index contributed by atoms with van der Waals surface area (Å²) in [5, 5.41) is 12.3. The van der Waals surface area contributed by atoms with E-state index in [1.807, 2.05) is 4.68 Å². The smallest absolute Gasteiger partial charge is 0.165 e. The minimum absolute atomic E-state index is 0.568. The summed E-state index contributed by atoms with van der Waals surface area (Å²) in [4.78, 5) is 2.56. The van der Waals surface area contributed by atoms with Crippen molar-refractivity contribution in [1.29, 1.82) is 0 Å². The van der Waals surface area contributed by atoms with Gasteiger partial charge in [-0.15, -0.1) is 5.10 Å². The second-order valence-corrected chi connectivity index (χ2v) is 6.09. The van der Waals surface area contributed by atoms with Crippen molar-refractivity contribution in [2.24, 2.45) is 0 Å². The first kappa shape index (κ1) is 15.4. The molecular weight excluding hydrogens is 250 g/mol. The van der Waals surface area contributed by atoms with Crippen LogP contribution < -0.4 is 0 Å². The Morgan fingerprint density at radius 1 is 1.25 bits per heavy atom. The molecule has 1 aromatic heterocycles. The quantitative estimate of drug-likeness (QED) is 0.617. The lowest BCUT2D eigenvalue weighted by Crippen LogP contribution is -2.34. The molecular formula is C15H29N5. The van der Waals surface area contributed by atoms with Gasteiger partial charge in [-0.1, -0.05) is 33.1 Å². The van der Waals surface area contributed by atoms with Gasteiger partial charge in [0.25, 0.3) is 0 Å². The standard InChI is InChI=1S/C15H29N5/c1-4-6-7-11-19(13(3)8-5-2)12-15-16-17-18-20(15)14-9-10-14/h13-14H,4-12H2,1-3H3. The summed E-state index contributed by atoms with van der Waals surface area (Å²) in [6.45, 7) is 8.91. The summed E-state index contributed by atoms with van der Waals surface area (Å²) in [5.74, 6) is 1.05. The van der Waals surface area contributed by atoms with Gasteiger partial charge < -0.3 is 0 Å². The molecule has 20 heavy (non-hydrogen) atoms. The average molecular weight is 279 g/mol. The van der Waals surface area contributed by atoms with Crippen LogP contribution in [-0.4, -0.2) is 37.7 Å². The van der Waals surface area contributed by atoms with Crippen molar-refractivity contribution in [3.8, 4) is 0 Å². The van der Waals surface area contributed by atoms with Gasteiger partial charge in [-0.3, -0.25) is 4.90 Å². The van der Waals surface area contributed by atoms with Gasteiger partial charge in [0.15, 0.2) is 5.82 Å². The highest BCUT2D eigenvalue weighted by Crippen LogP contribution is 2.34. The van der Waals surface area contributed by atoms with Gasteiger partial charge >= 0.3 is 0 Å². The summed E-state index contributed by atoms with van der Waals surface area (Å²) in [7, 11) is 0. The lowest BCUT2D eigenvalue weighted by atomic mass is 10.1. The molecule has 1 fully saturated rings. The predicted octanol–water partition coefficient (Wildman–Crippen LogP) is 3.19. The van der Waals surface area contributed by atoms with E-state index >= 15 is 0 Å². The molecule has 5 heteroatoms. The number of hydrogen-bond donors (Lipinski definition) is 0. The van der Waals surface area contributed by atoms with E-state index in [0.717, 1.165) is 18.9 Å². The van der Waals surface area contributed by atoms with Gasteiger partial charge in [0.05, 0.1) is 12.6 Å². The summed E-state index contributed by atoms with van der Waals surface area (Å²) in [6, 6.07) is 1.18. The fraction of sp³-hybridized carbons (Fsp3) is 0.933. The van der Waals surface area contributed by atoms with Gasteiger partial charge in [0, 0.05) is 6.04 Å². The predicted molar refractivity (Wildman–Crippen MR) is 80.4 cm³/mol. The molecule has 0 amide bonds. The zero-order valence-corrected chi connectivity index (χ0v) is 13.3. The summed E-state index contributed by atoms with van der Waals surface area (Å²) < 4.78 is 2.05. The van der Waals surface area contributed by atoms with Crippen LogP contribution in [0.25, 0.3) is 0 Å². The Bertz CT molecular complexity index is 385. The van der Waals surface area contributed by atoms with Crippen LogP contribution in [0.3, 0.4) is 0 Å². The average Bonchev–Trinajstić information content (AvgIpc) is 3.18. The fourth-order valence-corrected chi connectivity index (χ4v) is 2.72. The molecule has 5 nitrogen and oxygen atoms in total. The minimum Gasteiger partial charge on any atom is -0.293 e. The van der Waals surface area contributed by atoms with Crippen LogP contribution in [0.15, 0.2) is 0 Å². The van der Waals surface area contributed by atoms with Gasteiger partial charge in [0.2, 0.25) is 0 Å². The third-order valence-electron chi connectivity index (χ3n) is 4.18. The van der Waals surface area contributed by atoms with Crippen molar-refractivity contribution in [3.63, 3.8) is 0 Å². The number of rotatable bonds is 10. The lowest BCUT2D eigenvalue weighted by Gasteiger charge is -2.28. The van der Waals surface area contributed by atoms with E-state index in [1.54, 1.807) is 0 Å². The molecule has 114 valence electrons. The molecule has 0 aromatic carbocycles. The monoisotopic (exact) mass is 279 g/mol. The second-order valence-electron chi connectivity index (χ2n) is 6.09. The Morgan fingerprint density at radius 3 is 2.70 bits per heavy atom. The Balaban J connectivity index is 1.95. The molecule has 0 radical (unpaired) electrons. The van der Waals surface area contributed by atoms with Crippen LogP contribution in [0.1, 0.15) is 77.6 Å². The maximum absolute atomic E-state index is 4.25. The van der Waals surface area contributed by atoms with Crippen molar-refractivity contribution in [3.05, 3.63) is 5.82 Å². The molecule has 1 heterocycles. The molecule has 0 N–H and O–H groups in total. The number of aromatic nitrogens is 4. The highest BCUT2D eigenvalue weighted by Gasteiger charge is 2.28. The number of hydrogen-bond acceptors (Lipinski definition) is 4. The molecule has 1 aliphatic rings. The lowest BCUT2D eigenvalue weighted by molar-refractivity contribution is 0.178. The normalized spacial score (nSPS) is 16.8. The maximum Gasteiger partial charge on any atom is 0.165 e. The minimum atomic E-state index is 0.568. The molecule has 2 rings (SSSR count). The van der Waals surface area contributed by atoms with Crippen LogP contribution in [-0.2, 0) is 6.54 Å². The summed E-state index contributed by atoms with van der Waals surface area (Å²) >= 11 is 0. The molecule has 1 unspecified atom stereocenters. The zero-order chi connectivity index (χ0) is 14.4. The fourth-order valence-electron chi connectivity index (χ4n) is 2.72. The van der Waals surface area contributed by atoms with E-state index in [-0.39, 0.29) is 0 Å². The number of nitrogens with zero attached hydrogens (tertiary/aromatic N) is 5. The first-order valence-electron chi connectivity index (χ1n) is 8.27. The molecule has 0 spiro atoms. The number of tetrazole rings is 1. The first-order valence-corrected chi connectivity index (χ1v) is 8.27. The van der Waals surface area contributed by atoms with E-state index in [1.165, 1.54) is 44.9 Å². The Kier molecular flexibility index (Phi) is 5.95. The van der Waals surface area contributed by atoms with Crippen LogP contribution in [0.4, 0.5) is 0 Å². The topological polar surface area (TPSA) is 46.8 Å². The highest BCUT2D eigenvalue weighted by molar-refractivity contribution is 4.91.